The summed E-state index contributed by atoms with van der Waals surface area (Å²) in [5.41, 5.74) is 2.72. The zero-order valence-corrected chi connectivity index (χ0v) is 20.0. The Bertz CT molecular complexity index is 1490. The van der Waals surface area contributed by atoms with Crippen LogP contribution >= 0.6 is 0 Å². The number of carbonyl (C=O) groups is 1. The fraction of sp³-hybridized carbons (Fsp3) is 0.407. The van der Waals surface area contributed by atoms with E-state index in [2.05, 4.69) is 14.5 Å². The first kappa shape index (κ1) is 22.6. The smallest absolute Gasteiger partial charge is 0.264 e. The van der Waals surface area contributed by atoms with Crippen LogP contribution in [-0.4, -0.2) is 54.6 Å². The number of carbonyl (C=O) groups excluding carboxylic acids is 1. The molecule has 2 aliphatic rings. The maximum Gasteiger partial charge on any atom is 0.264 e. The molecule has 9 heteroatoms. The quantitative estimate of drug-likeness (QED) is 0.323. The maximum absolute atomic E-state index is 12.9. The Hall–Kier alpha value is -3.90. The van der Waals surface area contributed by atoms with E-state index in [-0.39, 0.29) is 17.6 Å². The number of aliphatic hydroxyl groups is 1. The second-order valence-electron chi connectivity index (χ2n) is 9.72. The van der Waals surface area contributed by atoms with Gasteiger partial charge in [-0.1, -0.05) is 19.3 Å². The van der Waals surface area contributed by atoms with E-state index in [0.29, 0.717) is 43.5 Å². The molecule has 6 rings (SSSR count). The number of nitrogens with zero attached hydrogens (tertiary/aromatic N) is 5. The summed E-state index contributed by atoms with van der Waals surface area (Å²) in [6.07, 6.45) is 11.6. The zero-order chi connectivity index (χ0) is 24.6. The second kappa shape index (κ2) is 9.28. The fourth-order valence-corrected chi connectivity index (χ4v) is 5.53. The van der Waals surface area contributed by atoms with Gasteiger partial charge in [-0.25, -0.2) is 9.97 Å². The molecule has 2 fully saturated rings. The van der Waals surface area contributed by atoms with Gasteiger partial charge in [0.15, 0.2) is 11.6 Å². The second-order valence-corrected chi connectivity index (χ2v) is 9.72. The average Bonchev–Trinajstić information content (AvgIpc) is 3.65. The lowest BCUT2D eigenvalue weighted by atomic mass is 9.95. The molecule has 2 N–H and O–H groups in total. The predicted octanol–water partition coefficient (Wildman–Crippen LogP) is 4.57. The molecule has 1 aliphatic heterocycles. The van der Waals surface area contributed by atoms with Crippen molar-refractivity contribution in [2.24, 2.45) is 0 Å². The highest BCUT2D eigenvalue weighted by Crippen LogP contribution is 2.38. The Kier molecular flexibility index (Phi) is 5.82. The van der Waals surface area contributed by atoms with E-state index < -0.39 is 0 Å². The molecule has 0 aromatic carbocycles. The summed E-state index contributed by atoms with van der Waals surface area (Å²) in [6, 6.07) is 8.00. The number of aromatic amines is 1. The van der Waals surface area contributed by atoms with Crippen LogP contribution in [0.15, 0.2) is 40.6 Å². The van der Waals surface area contributed by atoms with Crippen molar-refractivity contribution in [2.45, 2.75) is 57.1 Å². The number of rotatable bonds is 4. The van der Waals surface area contributed by atoms with Crippen molar-refractivity contribution in [1.82, 2.24) is 24.4 Å². The summed E-state index contributed by atoms with van der Waals surface area (Å²) in [6.45, 7) is 0.880. The first-order chi connectivity index (χ1) is 17.6. The summed E-state index contributed by atoms with van der Waals surface area (Å²) >= 11 is 0. The van der Waals surface area contributed by atoms with Crippen LogP contribution in [-0.2, 0) is 4.79 Å². The number of nitriles is 1. The highest BCUT2D eigenvalue weighted by molar-refractivity contribution is 6.03. The largest absolute Gasteiger partial charge is 0.453 e. The van der Waals surface area contributed by atoms with Crippen molar-refractivity contribution < 1.29 is 14.3 Å². The minimum absolute atomic E-state index is 0.0197. The third-order valence-corrected chi connectivity index (χ3v) is 7.41. The van der Waals surface area contributed by atoms with Crippen molar-refractivity contribution in [3.63, 3.8) is 0 Å². The molecule has 0 atom stereocenters. The number of imidazole rings is 1. The Morgan fingerprint density at radius 2 is 1.97 bits per heavy atom. The van der Waals surface area contributed by atoms with Gasteiger partial charge in [-0.3, -0.25) is 4.79 Å². The summed E-state index contributed by atoms with van der Waals surface area (Å²) in [5, 5.41) is 20.4. The molecule has 1 aliphatic carbocycles. The highest BCUT2D eigenvalue weighted by atomic mass is 16.3. The lowest BCUT2D eigenvalue weighted by molar-refractivity contribution is -0.128. The maximum atomic E-state index is 12.9. The van der Waals surface area contributed by atoms with Gasteiger partial charge in [0.05, 0.1) is 17.8 Å². The van der Waals surface area contributed by atoms with Crippen LogP contribution in [0.4, 0.5) is 0 Å². The Morgan fingerprint density at radius 1 is 1.17 bits per heavy atom. The molecular weight excluding hydrogens is 456 g/mol. The number of hydrogen-bond acceptors (Lipinski definition) is 6. The minimum Gasteiger partial charge on any atom is -0.453 e. The van der Waals surface area contributed by atoms with Gasteiger partial charge >= 0.3 is 0 Å². The molecule has 9 nitrogen and oxygen atoms in total. The van der Waals surface area contributed by atoms with Gasteiger partial charge in [0.25, 0.3) is 5.91 Å². The van der Waals surface area contributed by atoms with E-state index in [9.17, 15) is 15.2 Å². The molecule has 0 spiro atoms. The van der Waals surface area contributed by atoms with E-state index in [1.165, 1.54) is 25.3 Å². The number of hydrogen-bond donors (Lipinski definition) is 2. The van der Waals surface area contributed by atoms with Gasteiger partial charge in [-0.05, 0) is 43.9 Å². The van der Waals surface area contributed by atoms with Crippen LogP contribution in [0.3, 0.4) is 0 Å². The van der Waals surface area contributed by atoms with Crippen molar-refractivity contribution in [3.8, 4) is 17.7 Å². The average molecular weight is 485 g/mol. The number of pyridine rings is 1. The molecule has 1 saturated carbocycles. The van der Waals surface area contributed by atoms with Gasteiger partial charge in [0.2, 0.25) is 0 Å². The van der Waals surface area contributed by atoms with Crippen LogP contribution in [0.1, 0.15) is 56.7 Å². The normalized spacial score (nSPS) is 18.2. The fourth-order valence-electron chi connectivity index (χ4n) is 5.53. The summed E-state index contributed by atoms with van der Waals surface area (Å²) < 4.78 is 8.46. The molecule has 4 aromatic heterocycles. The summed E-state index contributed by atoms with van der Waals surface area (Å²) in [4.78, 5) is 27.1. The lowest BCUT2D eigenvalue weighted by Crippen LogP contribution is -2.40. The Labute approximate surface area is 208 Å². The first-order valence-electron chi connectivity index (χ1n) is 12.7. The summed E-state index contributed by atoms with van der Waals surface area (Å²) in [7, 11) is 0. The molecule has 36 heavy (non-hydrogen) atoms. The highest BCUT2D eigenvalue weighted by Gasteiger charge is 2.27. The Balaban J connectivity index is 1.38. The third kappa shape index (κ3) is 3.97. The standard InChI is InChI=1S/C27H28N6O3/c28-15-17(27(35)32-12-9-19(34)10-13-32)14-20-6-7-23(36-20)26-31-22-16-30-25-21(8-11-29-25)24(22)33(26)18-4-2-1-3-5-18/h6-8,11,14,16,18-19,34H,1-5,9-10,12-13H2,(H,29,30)/b17-14+. The van der Waals surface area contributed by atoms with E-state index >= 15 is 0 Å². The van der Waals surface area contributed by atoms with Gasteiger partial charge in [0.1, 0.15) is 28.6 Å². The number of piperidine rings is 1. The minimum atomic E-state index is -0.387. The number of H-pyrrole nitrogens is 1. The van der Waals surface area contributed by atoms with Gasteiger partial charge < -0.3 is 24.0 Å². The third-order valence-electron chi connectivity index (χ3n) is 7.41. The van der Waals surface area contributed by atoms with Crippen molar-refractivity contribution in [3.05, 3.63) is 41.9 Å². The summed E-state index contributed by atoms with van der Waals surface area (Å²) in [5.74, 6) is 1.43. The molecule has 0 radical (unpaired) electrons. The number of aromatic nitrogens is 4. The molecular formula is C27H28N6O3. The lowest BCUT2D eigenvalue weighted by Gasteiger charge is -2.29. The van der Waals surface area contributed by atoms with Gasteiger partial charge in [-0.15, -0.1) is 0 Å². The molecule has 4 aromatic rings. The van der Waals surface area contributed by atoms with E-state index in [1.807, 2.05) is 24.4 Å². The van der Waals surface area contributed by atoms with Crippen molar-refractivity contribution in [2.75, 3.05) is 13.1 Å². The topological polar surface area (TPSA) is 124 Å². The number of amides is 1. The molecule has 0 unspecified atom stereocenters. The molecule has 0 bridgehead atoms. The number of likely N-dealkylation sites (tertiary alicyclic amines) is 1. The predicted molar refractivity (Wildman–Crippen MR) is 135 cm³/mol. The molecule has 5 heterocycles. The Morgan fingerprint density at radius 3 is 2.75 bits per heavy atom. The molecule has 1 amide bonds. The number of furan rings is 1. The first-order valence-corrected chi connectivity index (χ1v) is 12.7. The monoisotopic (exact) mass is 484 g/mol. The van der Waals surface area contributed by atoms with Crippen LogP contribution in [0.2, 0.25) is 0 Å². The van der Waals surface area contributed by atoms with Crippen LogP contribution in [0.5, 0.6) is 0 Å². The number of fused-ring (bicyclic) bond motifs is 3. The van der Waals surface area contributed by atoms with E-state index in [0.717, 1.165) is 40.7 Å². The number of aliphatic hydroxyl groups excluding tert-OH is 1. The molecule has 184 valence electrons. The van der Waals surface area contributed by atoms with Crippen LogP contribution in [0, 0.1) is 11.3 Å². The van der Waals surface area contributed by atoms with Crippen molar-refractivity contribution >= 4 is 34.1 Å². The van der Waals surface area contributed by atoms with Crippen molar-refractivity contribution in [1.29, 1.82) is 5.26 Å². The van der Waals surface area contributed by atoms with Crippen LogP contribution in [0.25, 0.3) is 39.7 Å². The van der Waals surface area contributed by atoms with Crippen LogP contribution < -0.4 is 0 Å². The molecule has 1 saturated heterocycles. The van der Waals surface area contributed by atoms with Gasteiger partial charge in [0, 0.05) is 36.8 Å². The van der Waals surface area contributed by atoms with Gasteiger partial charge in [-0.2, -0.15) is 5.26 Å². The number of nitrogens with one attached hydrogen (secondary N) is 1. The van der Waals surface area contributed by atoms with E-state index in [1.54, 1.807) is 17.2 Å². The zero-order valence-electron chi connectivity index (χ0n) is 20.0. The van der Waals surface area contributed by atoms with E-state index in [4.69, 9.17) is 9.40 Å². The SMILES string of the molecule is N#C/C(=C\c1ccc(-c2nc3cnc4[nH]ccc4c3n2C2CCCCC2)o1)C(=O)N1CCC(O)CC1.